The number of anilines is 1. The standard InChI is InChI=1S/C35H38N4O/c1-23-8-11-29(35(40)24(2)27-14-15-28(18-27)26-12-9-25(21-36)10-13-26)19-31(23)32-7-5-6-30-22-37-34(20-33(30)38-32)39-16-3-4-17-39/h8-13,19-20,22,24,27-28H,3-7,14-18H2,1-2H3. The van der Waals surface area contributed by atoms with Gasteiger partial charge in [0.05, 0.1) is 17.3 Å². The van der Waals surface area contributed by atoms with Crippen LogP contribution in [0.1, 0.15) is 96.0 Å². The number of ketones is 1. The summed E-state index contributed by atoms with van der Waals surface area (Å²) < 4.78 is 0. The Labute approximate surface area is 238 Å². The van der Waals surface area contributed by atoms with Crippen molar-refractivity contribution in [2.24, 2.45) is 16.8 Å². The van der Waals surface area contributed by atoms with Gasteiger partial charge in [-0.2, -0.15) is 5.26 Å². The highest BCUT2D eigenvalue weighted by molar-refractivity contribution is 6.06. The van der Waals surface area contributed by atoms with Gasteiger partial charge in [-0.3, -0.25) is 9.79 Å². The third-order valence-electron chi connectivity index (χ3n) is 9.43. The van der Waals surface area contributed by atoms with Crippen molar-refractivity contribution in [2.45, 2.75) is 71.1 Å². The van der Waals surface area contributed by atoms with Crippen molar-refractivity contribution in [1.82, 2.24) is 4.98 Å². The van der Waals surface area contributed by atoms with Crippen LogP contribution in [0.5, 0.6) is 0 Å². The van der Waals surface area contributed by atoms with E-state index in [1.165, 1.54) is 29.5 Å². The van der Waals surface area contributed by atoms with E-state index in [1.54, 1.807) is 0 Å². The number of aryl methyl sites for hydroxylation is 2. The zero-order valence-corrected chi connectivity index (χ0v) is 23.7. The molecule has 1 aliphatic carbocycles. The molecule has 5 nitrogen and oxygen atoms in total. The minimum Gasteiger partial charge on any atom is -0.357 e. The van der Waals surface area contributed by atoms with E-state index in [2.05, 4.69) is 55.1 Å². The summed E-state index contributed by atoms with van der Waals surface area (Å²) in [4.78, 5) is 26.1. The lowest BCUT2D eigenvalue weighted by Crippen LogP contribution is -2.20. The number of hydrogen-bond acceptors (Lipinski definition) is 5. The van der Waals surface area contributed by atoms with Gasteiger partial charge in [-0.05, 0) is 111 Å². The maximum atomic E-state index is 13.8. The molecule has 5 heteroatoms. The molecule has 3 atom stereocenters. The van der Waals surface area contributed by atoms with Crippen LogP contribution in [-0.2, 0) is 6.42 Å². The topological polar surface area (TPSA) is 69.3 Å². The van der Waals surface area contributed by atoms with Crippen LogP contribution in [0.25, 0.3) is 0 Å². The highest BCUT2D eigenvalue weighted by atomic mass is 16.1. The molecule has 0 radical (unpaired) electrons. The number of pyridine rings is 1. The molecule has 6 rings (SSSR count). The van der Waals surface area contributed by atoms with Gasteiger partial charge in [-0.15, -0.1) is 0 Å². The monoisotopic (exact) mass is 530 g/mol. The first-order valence-corrected chi connectivity index (χ1v) is 15.0. The number of aromatic nitrogens is 1. The largest absolute Gasteiger partial charge is 0.357 e. The number of carbonyl (C=O) groups excluding carboxylic acids is 1. The van der Waals surface area contributed by atoms with Crippen molar-refractivity contribution in [2.75, 3.05) is 18.0 Å². The lowest BCUT2D eigenvalue weighted by Gasteiger charge is -2.20. The van der Waals surface area contributed by atoms with Crippen LogP contribution in [0, 0.1) is 30.1 Å². The lowest BCUT2D eigenvalue weighted by molar-refractivity contribution is 0.0887. The Morgan fingerprint density at radius 2 is 1.82 bits per heavy atom. The fourth-order valence-corrected chi connectivity index (χ4v) is 6.89. The predicted octanol–water partition coefficient (Wildman–Crippen LogP) is 7.72. The zero-order chi connectivity index (χ0) is 27.6. The summed E-state index contributed by atoms with van der Waals surface area (Å²) >= 11 is 0. The number of benzene rings is 2. The number of hydrogen-bond donors (Lipinski definition) is 0. The second-order valence-corrected chi connectivity index (χ2v) is 12.0. The Morgan fingerprint density at radius 1 is 1.02 bits per heavy atom. The first-order valence-electron chi connectivity index (χ1n) is 15.0. The van der Waals surface area contributed by atoms with E-state index < -0.39 is 0 Å². The molecular weight excluding hydrogens is 492 g/mol. The predicted molar refractivity (Wildman–Crippen MR) is 161 cm³/mol. The van der Waals surface area contributed by atoms with E-state index in [4.69, 9.17) is 15.2 Å². The Kier molecular flexibility index (Phi) is 7.52. The van der Waals surface area contributed by atoms with Crippen molar-refractivity contribution in [3.63, 3.8) is 0 Å². The highest BCUT2D eigenvalue weighted by Gasteiger charge is 2.33. The molecule has 2 aliphatic heterocycles. The van der Waals surface area contributed by atoms with Crippen LogP contribution >= 0.6 is 0 Å². The van der Waals surface area contributed by atoms with Crippen LogP contribution in [0.4, 0.5) is 11.5 Å². The first kappa shape index (κ1) is 26.4. The summed E-state index contributed by atoms with van der Waals surface area (Å²) in [5.41, 5.74) is 8.39. The molecular formula is C35H38N4O. The number of carbonyl (C=O) groups is 1. The summed E-state index contributed by atoms with van der Waals surface area (Å²) in [5.74, 6) is 2.08. The van der Waals surface area contributed by atoms with Crippen molar-refractivity contribution in [3.8, 4) is 6.07 Å². The summed E-state index contributed by atoms with van der Waals surface area (Å²) in [7, 11) is 0. The minimum absolute atomic E-state index is 0.0233. The van der Waals surface area contributed by atoms with E-state index in [9.17, 15) is 4.79 Å². The number of Topliss-reactive ketones (excluding diaryl/α,β-unsaturated/α-hetero) is 1. The molecule has 1 aromatic heterocycles. The maximum Gasteiger partial charge on any atom is 0.165 e. The fourth-order valence-electron chi connectivity index (χ4n) is 6.89. The number of fused-ring (bicyclic) bond motifs is 1. The summed E-state index contributed by atoms with van der Waals surface area (Å²) in [6.07, 6.45) is 10.6. The van der Waals surface area contributed by atoms with Crippen LogP contribution in [0.2, 0.25) is 0 Å². The third kappa shape index (κ3) is 5.32. The van der Waals surface area contributed by atoms with Gasteiger partial charge in [-0.1, -0.05) is 31.2 Å². The molecule has 3 unspecified atom stereocenters. The quantitative estimate of drug-likeness (QED) is 0.306. The van der Waals surface area contributed by atoms with Crippen molar-refractivity contribution in [1.29, 1.82) is 5.26 Å². The van der Waals surface area contributed by atoms with Crippen molar-refractivity contribution >= 4 is 23.0 Å². The van der Waals surface area contributed by atoms with Gasteiger partial charge in [-0.25, -0.2) is 4.98 Å². The Bertz CT molecular complexity index is 1480. The Morgan fingerprint density at radius 3 is 2.60 bits per heavy atom. The molecule has 204 valence electrons. The second-order valence-electron chi connectivity index (χ2n) is 12.0. The van der Waals surface area contributed by atoms with Crippen LogP contribution in [-0.4, -0.2) is 29.6 Å². The number of rotatable bonds is 6. The zero-order valence-electron chi connectivity index (χ0n) is 23.7. The first-order chi connectivity index (χ1) is 19.5. The molecule has 2 aromatic carbocycles. The number of nitriles is 1. The second kappa shape index (κ2) is 11.4. The molecule has 40 heavy (non-hydrogen) atoms. The van der Waals surface area contributed by atoms with Crippen LogP contribution in [0.3, 0.4) is 0 Å². The molecule has 0 N–H and O–H groups in total. The van der Waals surface area contributed by atoms with Gasteiger partial charge in [0, 0.05) is 42.5 Å². The van der Waals surface area contributed by atoms with Gasteiger partial charge in [0.15, 0.2) is 5.78 Å². The lowest BCUT2D eigenvalue weighted by atomic mass is 9.84. The SMILES string of the molecule is Cc1ccc(C(=O)C(C)C2CCC(c3ccc(C#N)cc3)C2)cc1C1=Nc2cc(N3CCCC3)ncc2CCC1. The average molecular weight is 531 g/mol. The molecule has 1 saturated heterocycles. The van der Waals surface area contributed by atoms with Gasteiger partial charge in [0.1, 0.15) is 5.82 Å². The summed E-state index contributed by atoms with van der Waals surface area (Å²) in [5, 5.41) is 9.11. The molecule has 1 saturated carbocycles. The Balaban J connectivity index is 1.21. The number of nitrogens with zero attached hydrogens (tertiary/aromatic N) is 4. The molecule has 2 fully saturated rings. The minimum atomic E-state index is -0.0233. The smallest absolute Gasteiger partial charge is 0.165 e. The van der Waals surface area contributed by atoms with Gasteiger partial charge < -0.3 is 4.90 Å². The van der Waals surface area contributed by atoms with Crippen molar-refractivity contribution in [3.05, 3.63) is 88.1 Å². The third-order valence-corrected chi connectivity index (χ3v) is 9.43. The Hall–Kier alpha value is -3.78. The highest BCUT2D eigenvalue weighted by Crippen LogP contribution is 2.42. The summed E-state index contributed by atoms with van der Waals surface area (Å²) in [6, 6.07) is 18.6. The van der Waals surface area contributed by atoms with E-state index in [1.807, 2.05) is 24.4 Å². The molecule has 3 heterocycles. The summed E-state index contributed by atoms with van der Waals surface area (Å²) in [6.45, 7) is 6.38. The molecule has 3 aliphatic rings. The van der Waals surface area contributed by atoms with E-state index in [0.29, 0.717) is 17.4 Å². The molecule has 0 bridgehead atoms. The number of aliphatic imine (C=N–C) groups is 1. The van der Waals surface area contributed by atoms with Crippen molar-refractivity contribution < 1.29 is 4.79 Å². The van der Waals surface area contributed by atoms with E-state index in [0.717, 1.165) is 80.0 Å². The van der Waals surface area contributed by atoms with Crippen LogP contribution < -0.4 is 4.90 Å². The van der Waals surface area contributed by atoms with Gasteiger partial charge in [0.25, 0.3) is 0 Å². The fraction of sp³-hybridized carbons (Fsp3) is 0.429. The maximum absolute atomic E-state index is 13.8. The average Bonchev–Trinajstić information content (AvgIpc) is 3.66. The van der Waals surface area contributed by atoms with Gasteiger partial charge >= 0.3 is 0 Å². The normalized spacial score (nSPS) is 21.3. The molecule has 0 amide bonds. The van der Waals surface area contributed by atoms with E-state index in [-0.39, 0.29) is 11.7 Å². The van der Waals surface area contributed by atoms with E-state index >= 15 is 0 Å². The van der Waals surface area contributed by atoms with Crippen LogP contribution in [0.15, 0.2) is 59.7 Å². The molecule has 3 aromatic rings. The van der Waals surface area contributed by atoms with Gasteiger partial charge in [0.2, 0.25) is 0 Å². The molecule has 0 spiro atoms.